The number of carboxylic acids is 1. The number of carboxylic acid groups (broad SMARTS) is 1. The van der Waals surface area contributed by atoms with Crippen LogP contribution in [0.2, 0.25) is 5.02 Å². The van der Waals surface area contributed by atoms with Crippen molar-refractivity contribution in [3.63, 3.8) is 0 Å². The van der Waals surface area contributed by atoms with Gasteiger partial charge in [-0.2, -0.15) is 0 Å². The number of rotatable bonds is 3. The molecular weight excluding hydrogens is 294 g/mol. The SMILES string of the molecule is O=C(N[C@H]1CC[C@@H](C(=O)O)C1)c1cc2cc(Cl)ccc2o1. The van der Waals surface area contributed by atoms with Gasteiger partial charge >= 0.3 is 5.97 Å². The average Bonchev–Trinajstić information content (AvgIpc) is 3.04. The van der Waals surface area contributed by atoms with E-state index >= 15 is 0 Å². The lowest BCUT2D eigenvalue weighted by atomic mass is 10.1. The van der Waals surface area contributed by atoms with Crippen molar-refractivity contribution < 1.29 is 19.1 Å². The standard InChI is InChI=1S/C15H14ClNO4/c16-10-2-4-12-9(5-10)7-13(21-12)14(18)17-11-3-1-8(6-11)15(19)20/h2,4-5,7-8,11H,1,3,6H2,(H,17,18)(H,19,20)/t8-,11+/m1/s1. The summed E-state index contributed by atoms with van der Waals surface area (Å²) in [6.45, 7) is 0. The number of aliphatic carboxylic acids is 1. The molecule has 21 heavy (non-hydrogen) atoms. The van der Waals surface area contributed by atoms with E-state index in [0.29, 0.717) is 29.9 Å². The summed E-state index contributed by atoms with van der Waals surface area (Å²) in [7, 11) is 0. The summed E-state index contributed by atoms with van der Waals surface area (Å²) in [5.74, 6) is -1.28. The first-order valence-electron chi connectivity index (χ1n) is 6.75. The van der Waals surface area contributed by atoms with E-state index in [1.54, 1.807) is 24.3 Å². The molecule has 5 nitrogen and oxygen atoms in total. The minimum Gasteiger partial charge on any atom is -0.481 e. The molecular formula is C15H14ClNO4. The van der Waals surface area contributed by atoms with E-state index in [1.165, 1.54) is 0 Å². The number of amides is 1. The zero-order valence-corrected chi connectivity index (χ0v) is 11.9. The van der Waals surface area contributed by atoms with Gasteiger partial charge < -0.3 is 14.8 Å². The van der Waals surface area contributed by atoms with Crippen molar-refractivity contribution in [3.05, 3.63) is 35.0 Å². The number of benzene rings is 1. The van der Waals surface area contributed by atoms with Gasteiger partial charge in [-0.25, -0.2) is 0 Å². The van der Waals surface area contributed by atoms with Crippen LogP contribution in [-0.2, 0) is 4.79 Å². The number of hydrogen-bond donors (Lipinski definition) is 2. The predicted molar refractivity (Wildman–Crippen MR) is 77.5 cm³/mol. The molecule has 0 spiro atoms. The summed E-state index contributed by atoms with van der Waals surface area (Å²) >= 11 is 5.89. The molecule has 1 saturated carbocycles. The van der Waals surface area contributed by atoms with E-state index in [1.807, 2.05) is 0 Å². The van der Waals surface area contributed by atoms with Crippen LogP contribution in [0.4, 0.5) is 0 Å². The van der Waals surface area contributed by atoms with Crippen LogP contribution >= 0.6 is 11.6 Å². The Morgan fingerprint density at radius 1 is 1.29 bits per heavy atom. The van der Waals surface area contributed by atoms with Crippen LogP contribution in [0.5, 0.6) is 0 Å². The molecule has 110 valence electrons. The van der Waals surface area contributed by atoms with Crippen LogP contribution in [0.15, 0.2) is 28.7 Å². The quantitative estimate of drug-likeness (QED) is 0.913. The van der Waals surface area contributed by atoms with Gasteiger partial charge in [0, 0.05) is 16.5 Å². The van der Waals surface area contributed by atoms with E-state index in [-0.39, 0.29) is 23.6 Å². The highest BCUT2D eigenvalue weighted by atomic mass is 35.5. The molecule has 0 saturated heterocycles. The molecule has 2 N–H and O–H groups in total. The molecule has 1 aromatic carbocycles. The van der Waals surface area contributed by atoms with Crippen molar-refractivity contribution >= 4 is 34.4 Å². The van der Waals surface area contributed by atoms with E-state index in [9.17, 15) is 9.59 Å². The van der Waals surface area contributed by atoms with Crippen LogP contribution < -0.4 is 5.32 Å². The van der Waals surface area contributed by atoms with Crippen molar-refractivity contribution in [2.45, 2.75) is 25.3 Å². The molecule has 1 aliphatic rings. The maximum absolute atomic E-state index is 12.1. The van der Waals surface area contributed by atoms with E-state index in [0.717, 1.165) is 5.39 Å². The second-order valence-corrected chi connectivity index (χ2v) is 5.75. The summed E-state index contributed by atoms with van der Waals surface area (Å²) in [6.07, 6.45) is 1.73. The maximum atomic E-state index is 12.1. The van der Waals surface area contributed by atoms with Crippen LogP contribution in [0.1, 0.15) is 29.8 Å². The normalized spacial score (nSPS) is 21.6. The van der Waals surface area contributed by atoms with Crippen molar-refractivity contribution in [2.24, 2.45) is 5.92 Å². The molecule has 3 rings (SSSR count). The van der Waals surface area contributed by atoms with Crippen LogP contribution in [0, 0.1) is 5.92 Å². The lowest BCUT2D eigenvalue weighted by molar-refractivity contribution is -0.141. The van der Waals surface area contributed by atoms with Crippen molar-refractivity contribution in [3.8, 4) is 0 Å². The Kier molecular flexibility index (Phi) is 3.59. The number of carbonyl (C=O) groups excluding carboxylic acids is 1. The topological polar surface area (TPSA) is 79.5 Å². The zero-order valence-electron chi connectivity index (χ0n) is 11.1. The predicted octanol–water partition coefficient (Wildman–Crippen LogP) is 3.07. The summed E-state index contributed by atoms with van der Waals surface area (Å²) in [5.41, 5.74) is 0.597. The highest BCUT2D eigenvalue weighted by Crippen LogP contribution is 2.27. The third kappa shape index (κ3) is 2.88. The van der Waals surface area contributed by atoms with Gasteiger partial charge in [0.2, 0.25) is 0 Å². The molecule has 6 heteroatoms. The highest BCUT2D eigenvalue weighted by Gasteiger charge is 2.31. The Hall–Kier alpha value is -2.01. The van der Waals surface area contributed by atoms with Gasteiger partial charge in [0.05, 0.1) is 5.92 Å². The number of halogens is 1. The Morgan fingerprint density at radius 2 is 2.10 bits per heavy atom. The van der Waals surface area contributed by atoms with Crippen LogP contribution in [-0.4, -0.2) is 23.0 Å². The van der Waals surface area contributed by atoms with E-state index in [2.05, 4.69) is 5.32 Å². The lowest BCUT2D eigenvalue weighted by Gasteiger charge is -2.10. The Morgan fingerprint density at radius 3 is 2.81 bits per heavy atom. The van der Waals surface area contributed by atoms with Gasteiger partial charge in [0.25, 0.3) is 5.91 Å². The van der Waals surface area contributed by atoms with Gasteiger partial charge in [-0.15, -0.1) is 0 Å². The van der Waals surface area contributed by atoms with Gasteiger partial charge in [0.15, 0.2) is 5.76 Å². The first-order chi connectivity index (χ1) is 10.0. The Balaban J connectivity index is 1.71. The van der Waals surface area contributed by atoms with Crippen molar-refractivity contribution in [1.29, 1.82) is 0 Å². The number of fused-ring (bicyclic) bond motifs is 1. The molecule has 0 radical (unpaired) electrons. The molecule has 0 unspecified atom stereocenters. The number of furan rings is 1. The molecule has 1 heterocycles. The fourth-order valence-corrected chi connectivity index (χ4v) is 2.90. The molecule has 2 aromatic rings. The van der Waals surface area contributed by atoms with Crippen molar-refractivity contribution in [1.82, 2.24) is 5.32 Å². The molecule has 1 aromatic heterocycles. The maximum Gasteiger partial charge on any atom is 0.306 e. The third-order valence-corrected chi connectivity index (χ3v) is 4.05. The highest BCUT2D eigenvalue weighted by molar-refractivity contribution is 6.31. The Bertz CT molecular complexity index is 709. The summed E-state index contributed by atoms with van der Waals surface area (Å²) < 4.78 is 5.48. The average molecular weight is 308 g/mol. The van der Waals surface area contributed by atoms with Gasteiger partial charge in [-0.05, 0) is 43.5 Å². The third-order valence-electron chi connectivity index (χ3n) is 3.82. The van der Waals surface area contributed by atoms with E-state index < -0.39 is 5.97 Å². The second kappa shape index (κ2) is 5.41. The van der Waals surface area contributed by atoms with Crippen LogP contribution in [0.25, 0.3) is 11.0 Å². The largest absolute Gasteiger partial charge is 0.481 e. The molecule has 1 amide bonds. The number of carbonyl (C=O) groups is 2. The molecule has 2 atom stereocenters. The zero-order chi connectivity index (χ0) is 15.0. The monoisotopic (exact) mass is 307 g/mol. The Labute approximate surface area is 125 Å². The number of hydrogen-bond acceptors (Lipinski definition) is 3. The van der Waals surface area contributed by atoms with Crippen molar-refractivity contribution in [2.75, 3.05) is 0 Å². The first-order valence-corrected chi connectivity index (χ1v) is 7.13. The fraction of sp³-hybridized carbons (Fsp3) is 0.333. The van der Waals surface area contributed by atoms with Gasteiger partial charge in [-0.3, -0.25) is 9.59 Å². The van der Waals surface area contributed by atoms with Gasteiger partial charge in [-0.1, -0.05) is 11.6 Å². The minimum atomic E-state index is -0.801. The first kappa shape index (κ1) is 13.9. The molecule has 1 aliphatic carbocycles. The second-order valence-electron chi connectivity index (χ2n) is 5.31. The molecule has 1 fully saturated rings. The summed E-state index contributed by atoms with van der Waals surface area (Å²) in [5, 5.41) is 13.1. The van der Waals surface area contributed by atoms with Crippen LogP contribution in [0.3, 0.4) is 0 Å². The molecule has 0 aliphatic heterocycles. The smallest absolute Gasteiger partial charge is 0.306 e. The lowest BCUT2D eigenvalue weighted by Crippen LogP contribution is -2.33. The molecule has 0 bridgehead atoms. The summed E-state index contributed by atoms with van der Waals surface area (Å²) in [4.78, 5) is 23.1. The minimum absolute atomic E-state index is 0.115. The number of nitrogens with one attached hydrogen (secondary N) is 1. The van der Waals surface area contributed by atoms with E-state index in [4.69, 9.17) is 21.1 Å². The van der Waals surface area contributed by atoms with Gasteiger partial charge in [0.1, 0.15) is 5.58 Å². The summed E-state index contributed by atoms with van der Waals surface area (Å²) in [6, 6.07) is 6.66. The fourth-order valence-electron chi connectivity index (χ4n) is 2.72.